The molecule has 2 fully saturated rings. The second-order valence-electron chi connectivity index (χ2n) is 7.18. The second kappa shape index (κ2) is 8.56. The molecule has 2 heterocycles. The molecule has 0 aliphatic carbocycles. The van der Waals surface area contributed by atoms with Gasteiger partial charge in [0, 0.05) is 51.4 Å². The van der Waals surface area contributed by atoms with Crippen LogP contribution in [0.3, 0.4) is 0 Å². The fourth-order valence-electron chi connectivity index (χ4n) is 3.88. The molecule has 3 rings (SSSR count). The number of likely N-dealkylation sites (tertiary alicyclic amines) is 1. The standard InChI is InChI=1S/C19H27FN4O3/c1-27-17-5-4-16(20)11-15(17)12-22-7-9-23(10-8-22)18(25)14-3-2-6-24(13-14)19(21)26/h4-5,11,14H,2-3,6-10,12-13H2,1H3,(H2,21,26)/t14-/m0/s1. The van der Waals surface area contributed by atoms with Gasteiger partial charge in [-0.1, -0.05) is 0 Å². The smallest absolute Gasteiger partial charge is 0.314 e. The maximum absolute atomic E-state index is 13.5. The van der Waals surface area contributed by atoms with Crippen molar-refractivity contribution in [2.45, 2.75) is 19.4 Å². The van der Waals surface area contributed by atoms with E-state index in [0.717, 1.165) is 31.5 Å². The van der Waals surface area contributed by atoms with Gasteiger partial charge in [-0.25, -0.2) is 9.18 Å². The van der Waals surface area contributed by atoms with E-state index < -0.39 is 6.03 Å². The number of amides is 3. The van der Waals surface area contributed by atoms with Crippen molar-refractivity contribution in [1.82, 2.24) is 14.7 Å². The molecular formula is C19H27FN4O3. The Morgan fingerprint density at radius 3 is 2.59 bits per heavy atom. The highest BCUT2D eigenvalue weighted by Crippen LogP contribution is 2.23. The summed E-state index contributed by atoms with van der Waals surface area (Å²) in [4.78, 5) is 29.8. The van der Waals surface area contributed by atoms with Crippen molar-refractivity contribution in [3.8, 4) is 5.75 Å². The van der Waals surface area contributed by atoms with Crippen LogP contribution in [-0.2, 0) is 11.3 Å². The predicted molar refractivity (Wildman–Crippen MR) is 98.7 cm³/mol. The molecule has 3 amide bonds. The zero-order valence-corrected chi connectivity index (χ0v) is 15.7. The maximum Gasteiger partial charge on any atom is 0.314 e. The molecule has 2 N–H and O–H groups in total. The summed E-state index contributed by atoms with van der Waals surface area (Å²) in [5.74, 6) is 0.324. The zero-order valence-electron chi connectivity index (χ0n) is 15.7. The maximum atomic E-state index is 13.5. The van der Waals surface area contributed by atoms with Crippen molar-refractivity contribution in [2.75, 3.05) is 46.4 Å². The number of methoxy groups -OCH3 is 1. The number of rotatable bonds is 4. The number of benzene rings is 1. The van der Waals surface area contributed by atoms with E-state index in [2.05, 4.69) is 4.90 Å². The summed E-state index contributed by atoms with van der Waals surface area (Å²) in [5.41, 5.74) is 6.16. The van der Waals surface area contributed by atoms with E-state index in [1.807, 2.05) is 4.90 Å². The van der Waals surface area contributed by atoms with Gasteiger partial charge in [0.25, 0.3) is 0 Å². The van der Waals surface area contributed by atoms with Crippen LogP contribution in [0, 0.1) is 11.7 Å². The molecule has 0 spiro atoms. The molecule has 7 nitrogen and oxygen atoms in total. The summed E-state index contributed by atoms with van der Waals surface area (Å²) in [6.07, 6.45) is 1.60. The van der Waals surface area contributed by atoms with Crippen LogP contribution in [0.2, 0.25) is 0 Å². The van der Waals surface area contributed by atoms with Crippen LogP contribution in [-0.4, -0.2) is 73.0 Å². The lowest BCUT2D eigenvalue weighted by Gasteiger charge is -2.38. The normalized spacial score (nSPS) is 21.2. The molecule has 1 aromatic rings. The second-order valence-corrected chi connectivity index (χ2v) is 7.18. The van der Waals surface area contributed by atoms with E-state index in [9.17, 15) is 14.0 Å². The van der Waals surface area contributed by atoms with Gasteiger partial charge in [-0.05, 0) is 31.0 Å². The number of piperidine rings is 1. The Morgan fingerprint density at radius 1 is 1.19 bits per heavy atom. The number of nitrogens with zero attached hydrogens (tertiary/aromatic N) is 3. The number of carbonyl (C=O) groups is 2. The van der Waals surface area contributed by atoms with Gasteiger partial charge in [0.05, 0.1) is 13.0 Å². The molecule has 27 heavy (non-hydrogen) atoms. The van der Waals surface area contributed by atoms with E-state index in [4.69, 9.17) is 10.5 Å². The Balaban J connectivity index is 1.53. The molecule has 2 aliphatic heterocycles. The van der Waals surface area contributed by atoms with Crippen molar-refractivity contribution in [3.05, 3.63) is 29.6 Å². The average molecular weight is 378 g/mol. The lowest BCUT2D eigenvalue weighted by molar-refractivity contribution is -0.138. The number of carbonyl (C=O) groups excluding carboxylic acids is 2. The summed E-state index contributed by atoms with van der Waals surface area (Å²) in [5, 5.41) is 0. The first kappa shape index (κ1) is 19.4. The minimum Gasteiger partial charge on any atom is -0.496 e. The van der Waals surface area contributed by atoms with Crippen LogP contribution in [0.4, 0.5) is 9.18 Å². The molecule has 2 saturated heterocycles. The number of hydrogen-bond acceptors (Lipinski definition) is 4. The van der Waals surface area contributed by atoms with Gasteiger partial charge >= 0.3 is 6.03 Å². The minimum absolute atomic E-state index is 0.101. The SMILES string of the molecule is COc1ccc(F)cc1CN1CCN(C(=O)[C@H]2CCCN(C(N)=O)C2)CC1. The monoisotopic (exact) mass is 378 g/mol. The van der Waals surface area contributed by atoms with E-state index in [1.165, 1.54) is 12.1 Å². The Morgan fingerprint density at radius 2 is 1.93 bits per heavy atom. The summed E-state index contributed by atoms with van der Waals surface area (Å²) in [6, 6.07) is 4.06. The summed E-state index contributed by atoms with van der Waals surface area (Å²) < 4.78 is 18.8. The molecule has 148 valence electrons. The third-order valence-corrected chi connectivity index (χ3v) is 5.40. The van der Waals surface area contributed by atoms with Crippen LogP contribution >= 0.6 is 0 Å². The highest BCUT2D eigenvalue weighted by atomic mass is 19.1. The molecule has 1 aromatic carbocycles. The van der Waals surface area contributed by atoms with Crippen LogP contribution < -0.4 is 10.5 Å². The van der Waals surface area contributed by atoms with Crippen molar-refractivity contribution >= 4 is 11.9 Å². The van der Waals surface area contributed by atoms with Gasteiger partial charge in [-0.3, -0.25) is 9.69 Å². The Hall–Kier alpha value is -2.35. The van der Waals surface area contributed by atoms with Gasteiger partial charge in [-0.2, -0.15) is 0 Å². The number of hydrogen-bond donors (Lipinski definition) is 1. The topological polar surface area (TPSA) is 79.1 Å². The highest BCUT2D eigenvalue weighted by Gasteiger charge is 2.32. The van der Waals surface area contributed by atoms with Crippen LogP contribution in [0.15, 0.2) is 18.2 Å². The van der Waals surface area contributed by atoms with Crippen molar-refractivity contribution in [3.63, 3.8) is 0 Å². The van der Waals surface area contributed by atoms with E-state index in [1.54, 1.807) is 18.1 Å². The quantitative estimate of drug-likeness (QED) is 0.856. The Kier molecular flexibility index (Phi) is 6.15. The third-order valence-electron chi connectivity index (χ3n) is 5.40. The number of urea groups is 1. The van der Waals surface area contributed by atoms with Crippen molar-refractivity contribution < 1.29 is 18.7 Å². The zero-order chi connectivity index (χ0) is 19.4. The van der Waals surface area contributed by atoms with Gasteiger partial charge < -0.3 is 20.3 Å². The lowest BCUT2D eigenvalue weighted by Crippen LogP contribution is -2.53. The number of ether oxygens (including phenoxy) is 1. The van der Waals surface area contributed by atoms with Gasteiger partial charge in [0.2, 0.25) is 5.91 Å². The summed E-state index contributed by atoms with van der Waals surface area (Å²) in [7, 11) is 1.58. The molecule has 0 radical (unpaired) electrons. The van der Waals surface area contributed by atoms with Gasteiger partial charge in [-0.15, -0.1) is 0 Å². The first-order valence-electron chi connectivity index (χ1n) is 9.36. The number of primary amides is 1. The van der Waals surface area contributed by atoms with Crippen LogP contribution in [0.5, 0.6) is 5.75 Å². The Labute approximate surface area is 158 Å². The fraction of sp³-hybridized carbons (Fsp3) is 0.579. The molecule has 0 bridgehead atoms. The first-order chi connectivity index (χ1) is 13.0. The van der Waals surface area contributed by atoms with Crippen LogP contribution in [0.25, 0.3) is 0 Å². The molecule has 2 aliphatic rings. The van der Waals surface area contributed by atoms with E-state index in [0.29, 0.717) is 38.5 Å². The first-order valence-corrected chi connectivity index (χ1v) is 9.36. The largest absolute Gasteiger partial charge is 0.496 e. The summed E-state index contributed by atoms with van der Waals surface area (Å²) >= 11 is 0. The lowest BCUT2D eigenvalue weighted by atomic mass is 9.96. The van der Waals surface area contributed by atoms with Crippen molar-refractivity contribution in [1.29, 1.82) is 0 Å². The minimum atomic E-state index is -0.457. The predicted octanol–water partition coefficient (Wildman–Crippen LogP) is 1.27. The van der Waals surface area contributed by atoms with Crippen LogP contribution in [0.1, 0.15) is 18.4 Å². The number of halogens is 1. The molecular weight excluding hydrogens is 351 g/mol. The number of nitrogens with two attached hydrogens (primary N) is 1. The summed E-state index contributed by atoms with van der Waals surface area (Å²) in [6.45, 7) is 4.32. The van der Waals surface area contributed by atoms with E-state index >= 15 is 0 Å². The molecule has 8 heteroatoms. The Bertz CT molecular complexity index is 692. The highest BCUT2D eigenvalue weighted by molar-refractivity contribution is 5.80. The van der Waals surface area contributed by atoms with Gasteiger partial charge in [0.1, 0.15) is 11.6 Å². The number of piperazine rings is 1. The van der Waals surface area contributed by atoms with E-state index in [-0.39, 0.29) is 17.6 Å². The average Bonchev–Trinajstić information content (AvgIpc) is 2.68. The molecule has 0 unspecified atom stereocenters. The van der Waals surface area contributed by atoms with Crippen molar-refractivity contribution in [2.24, 2.45) is 11.7 Å². The van der Waals surface area contributed by atoms with Gasteiger partial charge in [0.15, 0.2) is 0 Å². The fourth-order valence-corrected chi connectivity index (χ4v) is 3.88. The molecule has 0 aromatic heterocycles. The molecule has 0 saturated carbocycles. The molecule has 1 atom stereocenters. The third kappa shape index (κ3) is 4.68.